The lowest BCUT2D eigenvalue weighted by molar-refractivity contribution is 0.482. The quantitative estimate of drug-likeness (QED) is 0.273. The van der Waals surface area contributed by atoms with Crippen molar-refractivity contribution in [3.8, 4) is 45.0 Å². The SMILES string of the molecule is CC1CC=C2Nc3cc(-c4ccc(-c5cc(-c6ccccc6)nc(-c6ccccc6)n5)cc4)ccc3C2C1. The van der Waals surface area contributed by atoms with E-state index in [0.29, 0.717) is 5.92 Å². The molecular weight excluding hydrogens is 462 g/mol. The van der Waals surface area contributed by atoms with E-state index in [0.717, 1.165) is 39.8 Å². The average molecular weight is 492 g/mol. The lowest BCUT2D eigenvalue weighted by atomic mass is 9.83. The molecule has 7 rings (SSSR count). The van der Waals surface area contributed by atoms with E-state index in [1.54, 1.807) is 0 Å². The van der Waals surface area contributed by atoms with Crippen molar-refractivity contribution in [1.29, 1.82) is 0 Å². The lowest BCUT2D eigenvalue weighted by Crippen LogP contribution is -2.11. The maximum atomic E-state index is 4.97. The molecule has 2 atom stereocenters. The first kappa shape index (κ1) is 22.7. The van der Waals surface area contributed by atoms with Crippen LogP contribution in [0.15, 0.2) is 121 Å². The average Bonchev–Trinajstić information content (AvgIpc) is 3.35. The van der Waals surface area contributed by atoms with Gasteiger partial charge in [0.2, 0.25) is 0 Å². The second kappa shape index (κ2) is 9.42. The highest BCUT2D eigenvalue weighted by Crippen LogP contribution is 2.46. The molecule has 0 saturated heterocycles. The molecule has 3 heteroatoms. The molecule has 0 radical (unpaired) electrons. The third-order valence-corrected chi connectivity index (χ3v) is 7.80. The summed E-state index contributed by atoms with van der Waals surface area (Å²) >= 11 is 0. The molecule has 0 bridgehead atoms. The van der Waals surface area contributed by atoms with E-state index >= 15 is 0 Å². The van der Waals surface area contributed by atoms with Crippen LogP contribution in [0.5, 0.6) is 0 Å². The summed E-state index contributed by atoms with van der Waals surface area (Å²) in [7, 11) is 0. The van der Waals surface area contributed by atoms with Crippen LogP contribution in [0.25, 0.3) is 45.0 Å². The highest BCUT2D eigenvalue weighted by Gasteiger charge is 2.31. The highest BCUT2D eigenvalue weighted by molar-refractivity contribution is 5.77. The zero-order chi connectivity index (χ0) is 25.5. The van der Waals surface area contributed by atoms with Crippen LogP contribution in [0.3, 0.4) is 0 Å². The second-order valence-corrected chi connectivity index (χ2v) is 10.5. The summed E-state index contributed by atoms with van der Waals surface area (Å²) in [5.74, 6) is 2.01. The summed E-state index contributed by atoms with van der Waals surface area (Å²) in [5.41, 5.74) is 11.5. The highest BCUT2D eigenvalue weighted by atomic mass is 14.9. The molecule has 1 N–H and O–H groups in total. The van der Waals surface area contributed by atoms with Crippen molar-refractivity contribution in [3.63, 3.8) is 0 Å². The molecule has 1 aliphatic heterocycles. The monoisotopic (exact) mass is 491 g/mol. The molecule has 38 heavy (non-hydrogen) atoms. The molecule has 0 amide bonds. The van der Waals surface area contributed by atoms with Crippen LogP contribution in [-0.4, -0.2) is 9.97 Å². The van der Waals surface area contributed by atoms with Crippen LogP contribution in [0.1, 0.15) is 31.2 Å². The number of allylic oxidation sites excluding steroid dienone is 2. The Hall–Kier alpha value is -4.50. The molecule has 1 aliphatic carbocycles. The summed E-state index contributed by atoms with van der Waals surface area (Å²) < 4.78 is 0. The zero-order valence-corrected chi connectivity index (χ0v) is 21.4. The molecule has 4 aromatic carbocycles. The van der Waals surface area contributed by atoms with Gasteiger partial charge in [0.25, 0.3) is 0 Å². The summed E-state index contributed by atoms with van der Waals surface area (Å²) in [4.78, 5) is 9.88. The first-order valence-electron chi connectivity index (χ1n) is 13.4. The Balaban J connectivity index is 1.23. The molecule has 1 aromatic heterocycles. The maximum absolute atomic E-state index is 4.97. The number of aromatic nitrogens is 2. The van der Waals surface area contributed by atoms with Gasteiger partial charge in [0, 0.05) is 34.0 Å². The van der Waals surface area contributed by atoms with Gasteiger partial charge >= 0.3 is 0 Å². The van der Waals surface area contributed by atoms with Crippen molar-refractivity contribution in [2.24, 2.45) is 5.92 Å². The molecule has 184 valence electrons. The van der Waals surface area contributed by atoms with E-state index in [2.05, 4.69) is 91.1 Å². The van der Waals surface area contributed by atoms with Crippen LogP contribution in [0, 0.1) is 5.92 Å². The van der Waals surface area contributed by atoms with Gasteiger partial charge in [-0.3, -0.25) is 0 Å². The van der Waals surface area contributed by atoms with Crippen LogP contribution in [0.2, 0.25) is 0 Å². The van der Waals surface area contributed by atoms with Crippen molar-refractivity contribution >= 4 is 5.69 Å². The van der Waals surface area contributed by atoms with Gasteiger partial charge in [-0.25, -0.2) is 9.97 Å². The Kier molecular flexibility index (Phi) is 5.62. The minimum Gasteiger partial charge on any atom is -0.358 e. The molecule has 2 unspecified atom stereocenters. The van der Waals surface area contributed by atoms with E-state index in [1.807, 2.05) is 36.4 Å². The zero-order valence-electron chi connectivity index (χ0n) is 21.4. The van der Waals surface area contributed by atoms with Gasteiger partial charge < -0.3 is 5.32 Å². The Bertz CT molecular complexity index is 1580. The number of nitrogens with zero attached hydrogens (tertiary/aromatic N) is 2. The number of nitrogens with one attached hydrogen (secondary N) is 1. The minimum absolute atomic E-state index is 0.528. The molecule has 0 spiro atoms. The van der Waals surface area contributed by atoms with Crippen molar-refractivity contribution in [2.45, 2.75) is 25.7 Å². The molecule has 3 nitrogen and oxygen atoms in total. The number of fused-ring (bicyclic) bond motifs is 3. The fourth-order valence-corrected chi connectivity index (χ4v) is 5.73. The number of anilines is 1. The summed E-state index contributed by atoms with van der Waals surface area (Å²) in [6, 6.07) is 38.2. The maximum Gasteiger partial charge on any atom is 0.160 e. The van der Waals surface area contributed by atoms with Gasteiger partial charge in [0.05, 0.1) is 11.4 Å². The number of hydrogen-bond donors (Lipinski definition) is 1. The second-order valence-electron chi connectivity index (χ2n) is 10.5. The third-order valence-electron chi connectivity index (χ3n) is 7.80. The summed E-state index contributed by atoms with van der Waals surface area (Å²) in [5, 5.41) is 3.69. The number of rotatable bonds is 4. The smallest absolute Gasteiger partial charge is 0.160 e. The largest absolute Gasteiger partial charge is 0.358 e. The topological polar surface area (TPSA) is 37.8 Å². The van der Waals surface area contributed by atoms with Gasteiger partial charge in [0.15, 0.2) is 5.82 Å². The van der Waals surface area contributed by atoms with E-state index in [9.17, 15) is 0 Å². The van der Waals surface area contributed by atoms with Gasteiger partial charge in [-0.1, -0.05) is 110 Å². The third kappa shape index (κ3) is 4.20. The van der Waals surface area contributed by atoms with Gasteiger partial charge in [-0.05, 0) is 47.6 Å². The van der Waals surface area contributed by atoms with Gasteiger partial charge in [-0.15, -0.1) is 0 Å². The van der Waals surface area contributed by atoms with Crippen LogP contribution < -0.4 is 5.32 Å². The summed E-state index contributed by atoms with van der Waals surface area (Å²) in [6.07, 6.45) is 4.79. The first-order chi connectivity index (χ1) is 18.7. The normalized spacial score (nSPS) is 17.8. The minimum atomic E-state index is 0.528. The molecule has 2 aliphatic rings. The Morgan fingerprint density at radius 2 is 1.24 bits per heavy atom. The fourth-order valence-electron chi connectivity index (χ4n) is 5.73. The van der Waals surface area contributed by atoms with Crippen LogP contribution >= 0.6 is 0 Å². The Morgan fingerprint density at radius 1 is 0.632 bits per heavy atom. The lowest BCUT2D eigenvalue weighted by Gasteiger charge is -2.22. The molecule has 2 heterocycles. The van der Waals surface area contributed by atoms with Crippen molar-refractivity contribution in [2.75, 3.05) is 5.32 Å². The van der Waals surface area contributed by atoms with Crippen LogP contribution in [0.4, 0.5) is 5.69 Å². The fraction of sp³-hybridized carbons (Fsp3) is 0.143. The molecule has 5 aromatic rings. The Morgan fingerprint density at radius 3 is 1.95 bits per heavy atom. The molecule has 0 fully saturated rings. The first-order valence-corrected chi connectivity index (χ1v) is 13.4. The number of benzene rings is 4. The van der Waals surface area contributed by atoms with Crippen molar-refractivity contribution < 1.29 is 0 Å². The Labute approximate surface area is 224 Å². The van der Waals surface area contributed by atoms with Gasteiger partial charge in [-0.2, -0.15) is 0 Å². The van der Waals surface area contributed by atoms with Crippen molar-refractivity contribution in [3.05, 3.63) is 127 Å². The van der Waals surface area contributed by atoms with E-state index in [4.69, 9.17) is 9.97 Å². The summed E-state index contributed by atoms with van der Waals surface area (Å²) in [6.45, 7) is 2.35. The van der Waals surface area contributed by atoms with E-state index < -0.39 is 0 Å². The van der Waals surface area contributed by atoms with Crippen molar-refractivity contribution in [1.82, 2.24) is 9.97 Å². The predicted molar refractivity (Wildman–Crippen MR) is 157 cm³/mol. The van der Waals surface area contributed by atoms with E-state index in [-0.39, 0.29) is 0 Å². The molecular formula is C35H29N3. The number of hydrogen-bond acceptors (Lipinski definition) is 3. The van der Waals surface area contributed by atoms with E-state index in [1.165, 1.54) is 40.9 Å². The predicted octanol–water partition coefficient (Wildman–Crippen LogP) is 8.97. The van der Waals surface area contributed by atoms with Crippen LogP contribution in [-0.2, 0) is 0 Å². The van der Waals surface area contributed by atoms with Gasteiger partial charge in [0.1, 0.15) is 0 Å². The molecule has 0 saturated carbocycles. The standard InChI is InChI=1S/C35H29N3/c1-23-12-19-31-30(20-23)29-18-17-28(21-34(29)36-31)24-13-15-26(16-14-24)33-22-32(25-8-4-2-5-9-25)37-35(38-33)27-10-6-3-7-11-27/h2-11,13-19,21-23,30,36H,12,20H2,1H3.